The highest BCUT2D eigenvalue weighted by Crippen LogP contribution is 2.27. The van der Waals surface area contributed by atoms with Crippen molar-refractivity contribution in [2.45, 2.75) is 26.9 Å². The molecule has 0 bridgehead atoms. The van der Waals surface area contributed by atoms with Crippen LogP contribution in [-0.2, 0) is 17.9 Å². The van der Waals surface area contributed by atoms with Gasteiger partial charge in [-0.2, -0.15) is 5.10 Å². The normalized spacial score (nSPS) is 10.5. The van der Waals surface area contributed by atoms with Gasteiger partial charge in [-0.15, -0.1) is 11.6 Å². The van der Waals surface area contributed by atoms with E-state index in [-0.39, 0.29) is 11.8 Å². The molecule has 5 nitrogen and oxygen atoms in total. The summed E-state index contributed by atoms with van der Waals surface area (Å²) in [5, 5.41) is 4.21. The van der Waals surface area contributed by atoms with Gasteiger partial charge in [0.05, 0.1) is 25.2 Å². The number of para-hydroxylation sites is 1. The van der Waals surface area contributed by atoms with E-state index in [1.165, 1.54) is 0 Å². The molecule has 1 amide bonds. The number of methoxy groups -OCH3 is 1. The molecule has 0 aliphatic rings. The predicted molar refractivity (Wildman–Crippen MR) is 87.5 cm³/mol. The van der Waals surface area contributed by atoms with Crippen molar-refractivity contribution >= 4 is 23.2 Å². The van der Waals surface area contributed by atoms with Crippen molar-refractivity contribution in [2.75, 3.05) is 17.9 Å². The van der Waals surface area contributed by atoms with Gasteiger partial charge in [-0.25, -0.2) is 4.68 Å². The number of ether oxygens (including phenoxy) is 1. The summed E-state index contributed by atoms with van der Waals surface area (Å²) in [5.74, 6) is 0.425. The Morgan fingerprint density at radius 3 is 2.82 bits per heavy atom. The van der Waals surface area contributed by atoms with Gasteiger partial charge in [0.15, 0.2) is 5.75 Å². The fourth-order valence-electron chi connectivity index (χ4n) is 2.41. The maximum absolute atomic E-state index is 12.3. The fourth-order valence-corrected chi connectivity index (χ4v) is 2.55. The molecular weight excluding hydrogens is 302 g/mol. The van der Waals surface area contributed by atoms with Crippen LogP contribution in [0.15, 0.2) is 30.6 Å². The van der Waals surface area contributed by atoms with Gasteiger partial charge in [0.1, 0.15) is 12.5 Å². The Morgan fingerprint density at radius 2 is 2.23 bits per heavy atom. The van der Waals surface area contributed by atoms with E-state index in [1.807, 2.05) is 25.1 Å². The minimum atomic E-state index is -0.153. The summed E-state index contributed by atoms with van der Waals surface area (Å²) in [5.41, 5.74) is 3.06. The molecule has 6 heteroatoms. The number of carbonyl (C=O) groups is 1. The van der Waals surface area contributed by atoms with E-state index in [1.54, 1.807) is 29.1 Å². The molecule has 0 aliphatic heterocycles. The molecule has 0 radical (unpaired) electrons. The zero-order valence-electron chi connectivity index (χ0n) is 13.0. The number of halogens is 1. The van der Waals surface area contributed by atoms with E-state index in [0.29, 0.717) is 12.4 Å². The zero-order chi connectivity index (χ0) is 16.1. The van der Waals surface area contributed by atoms with Gasteiger partial charge < -0.3 is 4.74 Å². The molecule has 22 heavy (non-hydrogen) atoms. The predicted octanol–water partition coefficient (Wildman–Crippen LogP) is 2.99. The number of aryl methyl sites for hydroxylation is 2. The lowest BCUT2D eigenvalue weighted by molar-refractivity contribution is -0.116. The summed E-state index contributed by atoms with van der Waals surface area (Å²) < 4.78 is 6.79. The van der Waals surface area contributed by atoms with Crippen LogP contribution in [0, 0.1) is 6.92 Å². The highest BCUT2D eigenvalue weighted by Gasteiger charge is 2.20. The van der Waals surface area contributed by atoms with Crippen molar-refractivity contribution in [3.8, 4) is 5.75 Å². The Morgan fingerprint density at radius 1 is 1.45 bits per heavy atom. The average molecular weight is 322 g/mol. The quantitative estimate of drug-likeness (QED) is 0.768. The second kappa shape index (κ2) is 7.31. The molecule has 2 aromatic rings. The van der Waals surface area contributed by atoms with E-state index in [4.69, 9.17) is 16.3 Å². The summed E-state index contributed by atoms with van der Waals surface area (Å²) in [4.78, 5) is 14.0. The van der Waals surface area contributed by atoms with E-state index < -0.39 is 0 Å². The molecule has 0 aliphatic carbocycles. The lowest BCUT2D eigenvalue weighted by Gasteiger charge is -2.26. The van der Waals surface area contributed by atoms with Crippen LogP contribution in [0.4, 0.5) is 5.69 Å². The largest absolute Gasteiger partial charge is 0.493 e. The third-order valence-electron chi connectivity index (χ3n) is 3.52. The second-order valence-corrected chi connectivity index (χ2v) is 5.22. The molecule has 0 unspecified atom stereocenters. The SMILES string of the molecule is CCc1cccc(C)c1N(Cn1cc(OC)cn1)C(=O)CCl. The molecule has 1 heterocycles. The Bertz CT molecular complexity index is 655. The standard InChI is InChI=1S/C16H20ClN3O2/c1-4-13-7-5-6-12(2)16(13)20(15(21)8-17)11-19-10-14(22-3)9-18-19/h5-7,9-10H,4,8,11H2,1-3H3. The minimum absolute atomic E-state index is 0.0735. The number of hydrogen-bond acceptors (Lipinski definition) is 3. The van der Waals surface area contributed by atoms with Crippen LogP contribution < -0.4 is 9.64 Å². The van der Waals surface area contributed by atoms with Gasteiger partial charge in [0.25, 0.3) is 0 Å². The van der Waals surface area contributed by atoms with Gasteiger partial charge in [0.2, 0.25) is 5.91 Å². The van der Waals surface area contributed by atoms with E-state index in [9.17, 15) is 4.79 Å². The molecule has 0 saturated carbocycles. The van der Waals surface area contributed by atoms with Gasteiger partial charge in [-0.05, 0) is 24.5 Å². The third-order valence-corrected chi connectivity index (χ3v) is 3.75. The number of anilines is 1. The molecule has 0 spiro atoms. The highest BCUT2D eigenvalue weighted by atomic mass is 35.5. The Labute approximate surface area is 135 Å². The molecule has 1 aromatic carbocycles. The maximum Gasteiger partial charge on any atom is 0.243 e. The Kier molecular flexibility index (Phi) is 5.44. The molecule has 118 valence electrons. The topological polar surface area (TPSA) is 47.4 Å². The van der Waals surface area contributed by atoms with Crippen molar-refractivity contribution < 1.29 is 9.53 Å². The second-order valence-electron chi connectivity index (χ2n) is 4.95. The molecule has 0 saturated heterocycles. The van der Waals surface area contributed by atoms with Crippen LogP contribution in [0.3, 0.4) is 0 Å². The Hall–Kier alpha value is -2.01. The minimum Gasteiger partial charge on any atom is -0.493 e. The number of alkyl halides is 1. The van der Waals surface area contributed by atoms with Crippen molar-refractivity contribution in [1.82, 2.24) is 9.78 Å². The van der Waals surface area contributed by atoms with Crippen molar-refractivity contribution in [2.24, 2.45) is 0 Å². The lowest BCUT2D eigenvalue weighted by atomic mass is 10.0. The molecule has 0 atom stereocenters. The fraction of sp³-hybridized carbons (Fsp3) is 0.375. The van der Waals surface area contributed by atoms with Crippen LogP contribution in [0.1, 0.15) is 18.1 Å². The lowest BCUT2D eigenvalue weighted by Crippen LogP contribution is -2.35. The number of benzene rings is 1. The molecule has 0 fully saturated rings. The monoisotopic (exact) mass is 321 g/mol. The molecular formula is C16H20ClN3O2. The summed E-state index contributed by atoms with van der Waals surface area (Å²) in [6, 6.07) is 6.02. The number of hydrogen-bond donors (Lipinski definition) is 0. The molecule has 2 rings (SSSR count). The van der Waals surface area contributed by atoms with Crippen molar-refractivity contribution in [1.29, 1.82) is 0 Å². The van der Waals surface area contributed by atoms with E-state index in [0.717, 1.165) is 23.2 Å². The van der Waals surface area contributed by atoms with Crippen LogP contribution in [0.2, 0.25) is 0 Å². The molecule has 0 N–H and O–H groups in total. The van der Waals surface area contributed by atoms with E-state index >= 15 is 0 Å². The molecule has 1 aromatic heterocycles. The van der Waals surface area contributed by atoms with Crippen LogP contribution in [0.5, 0.6) is 5.75 Å². The highest BCUT2D eigenvalue weighted by molar-refractivity contribution is 6.29. The van der Waals surface area contributed by atoms with Gasteiger partial charge in [-0.3, -0.25) is 9.69 Å². The van der Waals surface area contributed by atoms with Gasteiger partial charge >= 0.3 is 0 Å². The van der Waals surface area contributed by atoms with Crippen LogP contribution in [0.25, 0.3) is 0 Å². The first-order chi connectivity index (χ1) is 10.6. The number of rotatable bonds is 6. The zero-order valence-corrected chi connectivity index (χ0v) is 13.8. The first kappa shape index (κ1) is 16.4. The van der Waals surface area contributed by atoms with Crippen LogP contribution in [-0.4, -0.2) is 28.7 Å². The number of carbonyl (C=O) groups excluding carboxylic acids is 1. The van der Waals surface area contributed by atoms with E-state index in [2.05, 4.69) is 12.0 Å². The first-order valence-electron chi connectivity index (χ1n) is 7.12. The number of amides is 1. The smallest absolute Gasteiger partial charge is 0.243 e. The Balaban J connectivity index is 2.40. The van der Waals surface area contributed by atoms with Crippen LogP contribution >= 0.6 is 11.6 Å². The van der Waals surface area contributed by atoms with Crippen molar-refractivity contribution in [3.05, 3.63) is 41.7 Å². The summed E-state index contributed by atoms with van der Waals surface area (Å²) in [6.45, 7) is 4.36. The summed E-state index contributed by atoms with van der Waals surface area (Å²) in [7, 11) is 1.58. The van der Waals surface area contributed by atoms with Gasteiger partial charge in [0, 0.05) is 0 Å². The summed E-state index contributed by atoms with van der Waals surface area (Å²) >= 11 is 5.80. The first-order valence-corrected chi connectivity index (χ1v) is 7.65. The number of nitrogens with zero attached hydrogens (tertiary/aromatic N) is 3. The number of aromatic nitrogens is 2. The summed E-state index contributed by atoms with van der Waals surface area (Å²) in [6.07, 6.45) is 4.20. The van der Waals surface area contributed by atoms with Gasteiger partial charge in [-0.1, -0.05) is 25.1 Å². The van der Waals surface area contributed by atoms with Crippen molar-refractivity contribution in [3.63, 3.8) is 0 Å². The maximum atomic E-state index is 12.3. The third kappa shape index (κ3) is 3.42. The average Bonchev–Trinajstić information content (AvgIpc) is 2.99.